The summed E-state index contributed by atoms with van der Waals surface area (Å²) in [6.45, 7) is 4.46. The molecule has 1 rings (SSSR count). The van der Waals surface area contributed by atoms with Crippen molar-refractivity contribution in [3.05, 3.63) is 22.4 Å². The zero-order valence-corrected chi connectivity index (χ0v) is 11.4. The number of thiophene rings is 1. The highest BCUT2D eigenvalue weighted by Crippen LogP contribution is 2.13. The van der Waals surface area contributed by atoms with Crippen LogP contribution < -0.4 is 4.72 Å². The zero-order chi connectivity index (χ0) is 12.0. The number of hydrogen-bond acceptors (Lipinski definition) is 3. The second-order valence-corrected chi connectivity index (χ2v) is 7.01. The normalized spacial score (nSPS) is 13.9. The van der Waals surface area contributed by atoms with Crippen molar-refractivity contribution in [3.63, 3.8) is 0 Å². The Bertz CT molecular complexity index is 384. The molecule has 0 saturated carbocycles. The molecule has 0 unspecified atom stereocenters. The maximum absolute atomic E-state index is 11.4. The van der Waals surface area contributed by atoms with Gasteiger partial charge in [-0.3, -0.25) is 0 Å². The number of rotatable bonds is 7. The van der Waals surface area contributed by atoms with Crippen LogP contribution >= 0.6 is 11.3 Å². The number of nitrogens with one attached hydrogen (secondary N) is 1. The van der Waals surface area contributed by atoms with Crippen LogP contribution in [0.15, 0.2) is 17.5 Å². The van der Waals surface area contributed by atoms with Gasteiger partial charge in [-0.15, -0.1) is 11.3 Å². The lowest BCUT2D eigenvalue weighted by Gasteiger charge is -2.11. The van der Waals surface area contributed by atoms with Crippen LogP contribution in [0.5, 0.6) is 0 Å². The van der Waals surface area contributed by atoms with Crippen LogP contribution in [0.25, 0.3) is 0 Å². The predicted molar refractivity (Wildman–Crippen MR) is 69.3 cm³/mol. The Kier molecular flexibility index (Phi) is 5.44. The molecular formula is C11H19NO2S2. The number of hydrogen-bond donors (Lipinski definition) is 1. The van der Waals surface area contributed by atoms with Crippen molar-refractivity contribution in [3.8, 4) is 0 Å². The van der Waals surface area contributed by atoms with Gasteiger partial charge < -0.3 is 0 Å². The van der Waals surface area contributed by atoms with E-state index in [-0.39, 0.29) is 5.75 Å². The Balaban J connectivity index is 2.33. The predicted octanol–water partition coefficient (Wildman–Crippen LogP) is 2.26. The fraction of sp³-hybridized carbons (Fsp3) is 0.636. The molecule has 0 spiro atoms. The molecule has 1 aromatic rings. The van der Waals surface area contributed by atoms with Gasteiger partial charge in [0.2, 0.25) is 10.0 Å². The van der Waals surface area contributed by atoms with Gasteiger partial charge in [0.25, 0.3) is 0 Å². The summed E-state index contributed by atoms with van der Waals surface area (Å²) in [6.07, 6.45) is 1.60. The van der Waals surface area contributed by atoms with Gasteiger partial charge in [-0.2, -0.15) is 0 Å². The van der Waals surface area contributed by atoms with Crippen molar-refractivity contribution >= 4 is 21.4 Å². The van der Waals surface area contributed by atoms with Gasteiger partial charge in [0.1, 0.15) is 0 Å². The van der Waals surface area contributed by atoms with Crippen LogP contribution in [-0.4, -0.2) is 20.7 Å². The van der Waals surface area contributed by atoms with E-state index < -0.39 is 10.0 Å². The Morgan fingerprint density at radius 2 is 2.25 bits per heavy atom. The summed E-state index contributed by atoms with van der Waals surface area (Å²) < 4.78 is 25.5. The molecule has 0 aliphatic heterocycles. The van der Waals surface area contributed by atoms with Gasteiger partial charge in [-0.1, -0.05) is 19.9 Å². The lowest BCUT2D eigenvalue weighted by atomic mass is 10.1. The van der Waals surface area contributed by atoms with Gasteiger partial charge in [-0.05, 0) is 30.2 Å². The maximum atomic E-state index is 11.4. The largest absolute Gasteiger partial charge is 0.215 e. The zero-order valence-electron chi connectivity index (χ0n) is 9.77. The Morgan fingerprint density at radius 1 is 1.50 bits per heavy atom. The van der Waals surface area contributed by atoms with Crippen LogP contribution in [0, 0.1) is 5.92 Å². The van der Waals surface area contributed by atoms with E-state index in [0.29, 0.717) is 18.9 Å². The summed E-state index contributed by atoms with van der Waals surface area (Å²) in [5, 5.41) is 2.04. The lowest BCUT2D eigenvalue weighted by molar-refractivity contribution is 0.539. The second-order valence-electron chi connectivity index (χ2n) is 4.06. The number of sulfonamides is 1. The van der Waals surface area contributed by atoms with Crippen molar-refractivity contribution in [2.24, 2.45) is 5.92 Å². The first-order chi connectivity index (χ1) is 7.53. The molecule has 0 saturated heterocycles. The van der Waals surface area contributed by atoms with Gasteiger partial charge >= 0.3 is 0 Å². The average molecular weight is 261 g/mol. The topological polar surface area (TPSA) is 46.2 Å². The van der Waals surface area contributed by atoms with Crippen molar-refractivity contribution in [2.45, 2.75) is 26.7 Å². The summed E-state index contributed by atoms with van der Waals surface area (Å²) in [5.41, 5.74) is 0. The quantitative estimate of drug-likeness (QED) is 0.818. The molecule has 0 amide bonds. The van der Waals surface area contributed by atoms with E-state index in [1.807, 2.05) is 18.4 Å². The maximum Gasteiger partial charge on any atom is 0.211 e. The average Bonchev–Trinajstić information content (AvgIpc) is 2.68. The summed E-state index contributed by atoms with van der Waals surface area (Å²) >= 11 is 1.72. The van der Waals surface area contributed by atoms with Crippen LogP contribution in [-0.2, 0) is 16.4 Å². The molecular weight excluding hydrogens is 242 g/mol. The summed E-state index contributed by atoms with van der Waals surface area (Å²) in [5.74, 6) is 0.559. The second kappa shape index (κ2) is 6.37. The summed E-state index contributed by atoms with van der Waals surface area (Å²) in [6, 6.07) is 4.11. The molecule has 5 heteroatoms. The molecule has 92 valence electrons. The van der Waals surface area contributed by atoms with E-state index in [9.17, 15) is 8.42 Å². The molecule has 1 atom stereocenters. The van der Waals surface area contributed by atoms with Crippen LogP contribution in [0.2, 0.25) is 0 Å². The van der Waals surface area contributed by atoms with Crippen molar-refractivity contribution in [2.75, 3.05) is 12.3 Å². The Hall–Kier alpha value is -0.390. The fourth-order valence-corrected chi connectivity index (χ4v) is 3.54. The first kappa shape index (κ1) is 13.7. The molecule has 0 fully saturated rings. The first-order valence-corrected chi connectivity index (χ1v) is 8.06. The van der Waals surface area contributed by atoms with E-state index in [1.54, 1.807) is 11.3 Å². The molecule has 1 aromatic heterocycles. The highest BCUT2D eigenvalue weighted by Gasteiger charge is 2.11. The van der Waals surface area contributed by atoms with Crippen molar-refractivity contribution in [1.82, 2.24) is 4.72 Å². The minimum Gasteiger partial charge on any atom is -0.215 e. The molecule has 0 aromatic carbocycles. The highest BCUT2D eigenvalue weighted by molar-refractivity contribution is 7.89. The van der Waals surface area contributed by atoms with Gasteiger partial charge in [0.15, 0.2) is 0 Å². The highest BCUT2D eigenvalue weighted by atomic mass is 32.2. The van der Waals surface area contributed by atoms with Crippen LogP contribution in [0.3, 0.4) is 0 Å². The Labute approximate surface area is 102 Å². The molecule has 0 aliphatic carbocycles. The Morgan fingerprint density at radius 3 is 2.81 bits per heavy atom. The molecule has 1 N–H and O–H groups in total. The molecule has 1 heterocycles. The van der Waals surface area contributed by atoms with Crippen molar-refractivity contribution in [1.29, 1.82) is 0 Å². The van der Waals surface area contributed by atoms with Crippen molar-refractivity contribution < 1.29 is 8.42 Å². The van der Waals surface area contributed by atoms with E-state index in [0.717, 1.165) is 6.42 Å². The minimum absolute atomic E-state index is 0.221. The lowest BCUT2D eigenvalue weighted by Crippen LogP contribution is -2.30. The van der Waals surface area contributed by atoms with E-state index in [2.05, 4.69) is 17.7 Å². The van der Waals surface area contributed by atoms with E-state index >= 15 is 0 Å². The van der Waals surface area contributed by atoms with E-state index in [1.165, 1.54) is 4.88 Å². The molecule has 0 bridgehead atoms. The fourth-order valence-electron chi connectivity index (χ4n) is 1.45. The first-order valence-electron chi connectivity index (χ1n) is 5.53. The van der Waals surface area contributed by atoms with Gasteiger partial charge in [-0.25, -0.2) is 13.1 Å². The van der Waals surface area contributed by atoms with E-state index in [4.69, 9.17) is 0 Å². The smallest absolute Gasteiger partial charge is 0.211 e. The molecule has 3 nitrogen and oxygen atoms in total. The SMILES string of the molecule is CCCS(=O)(=O)NC[C@@H](C)Cc1cccs1. The molecule has 0 aliphatic rings. The standard InChI is InChI=1S/C11H19NO2S2/c1-3-7-16(13,14)12-9-10(2)8-11-5-4-6-15-11/h4-6,10,12H,3,7-9H2,1-2H3/t10-/m0/s1. The molecule has 0 radical (unpaired) electrons. The third kappa shape index (κ3) is 5.09. The minimum atomic E-state index is -3.05. The molecule has 16 heavy (non-hydrogen) atoms. The third-order valence-electron chi connectivity index (χ3n) is 2.25. The van der Waals surface area contributed by atoms with Gasteiger partial charge in [0, 0.05) is 11.4 Å². The van der Waals surface area contributed by atoms with Crippen LogP contribution in [0.1, 0.15) is 25.1 Å². The monoisotopic (exact) mass is 261 g/mol. The van der Waals surface area contributed by atoms with Gasteiger partial charge in [0.05, 0.1) is 5.75 Å². The summed E-state index contributed by atoms with van der Waals surface area (Å²) in [4.78, 5) is 1.31. The summed E-state index contributed by atoms with van der Waals surface area (Å²) in [7, 11) is -3.05. The third-order valence-corrected chi connectivity index (χ3v) is 4.71. The van der Waals surface area contributed by atoms with Crippen LogP contribution in [0.4, 0.5) is 0 Å².